The maximum atomic E-state index is 13.4. The van der Waals surface area contributed by atoms with E-state index in [4.69, 9.17) is 16.3 Å². The molecule has 6 nitrogen and oxygen atoms in total. The van der Waals surface area contributed by atoms with Crippen LogP contribution in [-0.4, -0.2) is 27.5 Å². The van der Waals surface area contributed by atoms with Crippen LogP contribution in [0.15, 0.2) is 71.6 Å². The highest BCUT2D eigenvalue weighted by molar-refractivity contribution is 7.92. The highest BCUT2D eigenvalue weighted by Gasteiger charge is 2.31. The van der Waals surface area contributed by atoms with Crippen molar-refractivity contribution in [2.45, 2.75) is 4.90 Å². The van der Waals surface area contributed by atoms with Crippen molar-refractivity contribution >= 4 is 38.9 Å². The van der Waals surface area contributed by atoms with Crippen molar-refractivity contribution in [2.75, 3.05) is 22.8 Å². The predicted octanol–water partition coefficient (Wildman–Crippen LogP) is 4.32. The number of carbonyl (C=O) groups is 1. The van der Waals surface area contributed by atoms with Gasteiger partial charge in [-0.15, -0.1) is 0 Å². The Balaban J connectivity index is 1.69. The van der Waals surface area contributed by atoms with Crippen molar-refractivity contribution in [2.24, 2.45) is 0 Å². The van der Waals surface area contributed by atoms with Crippen LogP contribution in [0.1, 0.15) is 10.4 Å². The van der Waals surface area contributed by atoms with Gasteiger partial charge in [0.05, 0.1) is 17.1 Å². The molecule has 0 fully saturated rings. The maximum absolute atomic E-state index is 13.4. The monoisotopic (exact) mass is 446 g/mol. The fraction of sp³-hybridized carbons (Fsp3) is 0.0952. The molecule has 1 amide bonds. The summed E-state index contributed by atoms with van der Waals surface area (Å²) in [7, 11) is -3.92. The van der Waals surface area contributed by atoms with Crippen molar-refractivity contribution in [3.8, 4) is 5.75 Å². The Morgan fingerprint density at radius 2 is 1.87 bits per heavy atom. The molecule has 1 aliphatic heterocycles. The van der Waals surface area contributed by atoms with Crippen molar-refractivity contribution in [3.63, 3.8) is 0 Å². The molecular formula is C21H16ClFN2O4S. The molecule has 154 valence electrons. The molecule has 9 heteroatoms. The molecule has 3 aromatic carbocycles. The summed E-state index contributed by atoms with van der Waals surface area (Å²) in [4.78, 5) is 12.7. The molecular weight excluding hydrogens is 431 g/mol. The number of hydrogen-bond donors (Lipinski definition) is 1. The molecule has 0 aliphatic carbocycles. The number of sulfonamides is 1. The van der Waals surface area contributed by atoms with Crippen molar-refractivity contribution in [1.29, 1.82) is 0 Å². The largest absolute Gasteiger partial charge is 0.489 e. The van der Waals surface area contributed by atoms with Gasteiger partial charge in [0.25, 0.3) is 15.9 Å². The summed E-state index contributed by atoms with van der Waals surface area (Å²) < 4.78 is 46.5. The van der Waals surface area contributed by atoms with E-state index in [1.54, 1.807) is 18.2 Å². The summed E-state index contributed by atoms with van der Waals surface area (Å²) in [5.41, 5.74) is 0.736. The quantitative estimate of drug-likeness (QED) is 0.647. The first-order chi connectivity index (χ1) is 14.3. The molecule has 0 radical (unpaired) electrons. The van der Waals surface area contributed by atoms with E-state index in [1.165, 1.54) is 52.8 Å². The summed E-state index contributed by atoms with van der Waals surface area (Å²) in [6.07, 6.45) is 0. The van der Waals surface area contributed by atoms with Gasteiger partial charge in [0, 0.05) is 16.3 Å². The second kappa shape index (κ2) is 7.97. The third-order valence-corrected chi connectivity index (χ3v) is 6.55. The summed E-state index contributed by atoms with van der Waals surface area (Å²) in [5, 5.41) is 2.89. The molecule has 0 saturated carbocycles. The Hall–Kier alpha value is -3.10. The molecule has 0 bridgehead atoms. The molecule has 1 aliphatic rings. The van der Waals surface area contributed by atoms with E-state index in [0.29, 0.717) is 10.8 Å². The first-order valence-corrected chi connectivity index (χ1v) is 10.8. The van der Waals surface area contributed by atoms with Crippen LogP contribution in [-0.2, 0) is 10.0 Å². The number of hydrogen-bond acceptors (Lipinski definition) is 4. The fourth-order valence-corrected chi connectivity index (χ4v) is 4.86. The smallest absolute Gasteiger partial charge is 0.264 e. The third kappa shape index (κ3) is 3.96. The molecule has 4 rings (SSSR count). The number of nitrogens with one attached hydrogen (secondary N) is 1. The van der Waals surface area contributed by atoms with Crippen LogP contribution in [0.5, 0.6) is 5.75 Å². The Kier molecular flexibility index (Phi) is 5.36. The van der Waals surface area contributed by atoms with Crippen LogP contribution >= 0.6 is 11.6 Å². The molecule has 1 N–H and O–H groups in total. The van der Waals surface area contributed by atoms with E-state index in [9.17, 15) is 17.6 Å². The highest BCUT2D eigenvalue weighted by Crippen LogP contribution is 2.36. The number of benzene rings is 3. The topological polar surface area (TPSA) is 75.7 Å². The van der Waals surface area contributed by atoms with Crippen LogP contribution in [0, 0.1) is 5.82 Å². The zero-order valence-electron chi connectivity index (χ0n) is 15.5. The second-order valence-electron chi connectivity index (χ2n) is 6.53. The average molecular weight is 447 g/mol. The molecule has 3 aromatic rings. The summed E-state index contributed by atoms with van der Waals surface area (Å²) in [6.45, 7) is 0.248. The van der Waals surface area contributed by atoms with Gasteiger partial charge in [-0.3, -0.25) is 9.10 Å². The van der Waals surface area contributed by atoms with Crippen molar-refractivity contribution < 1.29 is 22.3 Å². The first kappa shape index (κ1) is 20.2. The summed E-state index contributed by atoms with van der Waals surface area (Å²) in [6, 6.07) is 15.9. The molecule has 0 unspecified atom stereocenters. The lowest BCUT2D eigenvalue weighted by molar-refractivity contribution is 0.102. The number of fused-ring (bicyclic) bond motifs is 1. The lowest BCUT2D eigenvalue weighted by Crippen LogP contribution is -2.38. The lowest BCUT2D eigenvalue weighted by Gasteiger charge is -2.30. The zero-order valence-corrected chi connectivity index (χ0v) is 17.1. The minimum atomic E-state index is -3.92. The van der Waals surface area contributed by atoms with Gasteiger partial charge in [-0.1, -0.05) is 23.7 Å². The SMILES string of the molecule is O=C(Nc1cccc(F)c1)c1ccc2c(c1)N(S(=O)(=O)c1cccc(Cl)c1)CCO2. The van der Waals surface area contributed by atoms with Gasteiger partial charge in [-0.2, -0.15) is 0 Å². The highest BCUT2D eigenvalue weighted by atomic mass is 35.5. The van der Waals surface area contributed by atoms with Crippen molar-refractivity contribution in [1.82, 2.24) is 0 Å². The average Bonchev–Trinajstić information content (AvgIpc) is 2.73. The number of anilines is 2. The standard InChI is InChI=1S/C21H16ClFN2O4S/c22-15-3-1-6-18(12-15)30(27,28)25-9-10-29-20-8-7-14(11-19(20)25)21(26)24-17-5-2-4-16(23)13-17/h1-8,11-13H,9-10H2,(H,24,26). The number of carbonyl (C=O) groups excluding carboxylic acids is 1. The van der Waals surface area contributed by atoms with Gasteiger partial charge in [0.15, 0.2) is 0 Å². The van der Waals surface area contributed by atoms with Crippen LogP contribution in [0.25, 0.3) is 0 Å². The maximum Gasteiger partial charge on any atom is 0.264 e. The summed E-state index contributed by atoms with van der Waals surface area (Å²) >= 11 is 5.96. The van der Waals surface area contributed by atoms with Gasteiger partial charge < -0.3 is 10.1 Å². The summed E-state index contributed by atoms with van der Waals surface area (Å²) in [5.74, 6) is -0.645. The molecule has 30 heavy (non-hydrogen) atoms. The Morgan fingerprint density at radius 3 is 2.63 bits per heavy atom. The van der Waals surface area contributed by atoms with Gasteiger partial charge >= 0.3 is 0 Å². The molecule has 0 spiro atoms. The molecule has 1 heterocycles. The number of rotatable bonds is 4. The van der Waals surface area contributed by atoms with E-state index < -0.39 is 21.7 Å². The number of amides is 1. The van der Waals surface area contributed by atoms with Gasteiger partial charge in [-0.25, -0.2) is 12.8 Å². The van der Waals surface area contributed by atoms with Crippen LogP contribution < -0.4 is 14.4 Å². The van der Waals surface area contributed by atoms with E-state index in [1.807, 2.05) is 0 Å². The predicted molar refractivity (Wildman–Crippen MR) is 112 cm³/mol. The van der Waals surface area contributed by atoms with E-state index >= 15 is 0 Å². The molecule has 0 aromatic heterocycles. The Bertz CT molecular complexity index is 1230. The first-order valence-electron chi connectivity index (χ1n) is 8.97. The van der Waals surface area contributed by atoms with Gasteiger partial charge in [0.1, 0.15) is 18.2 Å². The van der Waals surface area contributed by atoms with Crippen LogP contribution in [0.2, 0.25) is 5.02 Å². The van der Waals surface area contributed by atoms with Gasteiger partial charge in [0.2, 0.25) is 0 Å². The minimum Gasteiger partial charge on any atom is -0.489 e. The van der Waals surface area contributed by atoms with Gasteiger partial charge in [-0.05, 0) is 54.6 Å². The molecule has 0 atom stereocenters. The van der Waals surface area contributed by atoms with Crippen LogP contribution in [0.3, 0.4) is 0 Å². The van der Waals surface area contributed by atoms with E-state index in [0.717, 1.165) is 0 Å². The number of nitrogens with zero attached hydrogens (tertiary/aromatic N) is 1. The lowest BCUT2D eigenvalue weighted by atomic mass is 10.1. The van der Waals surface area contributed by atoms with E-state index in [-0.39, 0.29) is 35.0 Å². The number of ether oxygens (including phenoxy) is 1. The minimum absolute atomic E-state index is 0.0393. The number of halogens is 2. The third-order valence-electron chi connectivity index (χ3n) is 4.51. The zero-order chi connectivity index (χ0) is 21.3. The van der Waals surface area contributed by atoms with Crippen molar-refractivity contribution in [3.05, 3.63) is 83.1 Å². The van der Waals surface area contributed by atoms with E-state index in [2.05, 4.69) is 5.32 Å². The normalized spacial score (nSPS) is 13.3. The molecule has 0 saturated heterocycles. The fourth-order valence-electron chi connectivity index (χ4n) is 3.11. The Morgan fingerprint density at radius 1 is 1.07 bits per heavy atom. The van der Waals surface area contributed by atoms with Crippen LogP contribution in [0.4, 0.5) is 15.8 Å². The Labute approximate surface area is 177 Å². The second-order valence-corrected chi connectivity index (χ2v) is 8.83.